The number of nitrogen functional groups attached to an aromatic ring is 1. The SMILES string of the molecule is Nc1ncnc2c1ccn2[C@@H]1O[C@H](COC(c2ccccc2)(c2ccccc2)c2ccccc2)[C@@H](O)[C@H]1O. The highest BCUT2D eigenvalue weighted by atomic mass is 16.6. The van der Waals surface area contributed by atoms with Crippen LogP contribution in [0.5, 0.6) is 0 Å². The largest absolute Gasteiger partial charge is 0.387 e. The predicted molar refractivity (Wildman–Crippen MR) is 143 cm³/mol. The lowest BCUT2D eigenvalue weighted by Crippen LogP contribution is -2.39. The van der Waals surface area contributed by atoms with Crippen molar-refractivity contribution in [2.24, 2.45) is 0 Å². The van der Waals surface area contributed by atoms with Crippen molar-refractivity contribution in [2.75, 3.05) is 12.3 Å². The molecule has 1 aliphatic heterocycles. The molecule has 3 heterocycles. The molecule has 6 rings (SSSR count). The summed E-state index contributed by atoms with van der Waals surface area (Å²) in [6, 6.07) is 31.7. The van der Waals surface area contributed by atoms with E-state index in [9.17, 15) is 10.2 Å². The van der Waals surface area contributed by atoms with Crippen molar-refractivity contribution < 1.29 is 19.7 Å². The average molecular weight is 509 g/mol. The molecule has 1 aliphatic rings. The third-order valence-corrected chi connectivity index (χ3v) is 7.16. The van der Waals surface area contributed by atoms with Crippen molar-refractivity contribution in [3.63, 3.8) is 0 Å². The van der Waals surface area contributed by atoms with Gasteiger partial charge in [0.1, 0.15) is 41.7 Å². The van der Waals surface area contributed by atoms with E-state index in [0.29, 0.717) is 16.9 Å². The Morgan fingerprint density at radius 1 is 0.789 bits per heavy atom. The number of benzene rings is 3. The molecule has 0 saturated carbocycles. The quantitative estimate of drug-likeness (QED) is 0.288. The van der Waals surface area contributed by atoms with Gasteiger partial charge in [0.2, 0.25) is 0 Å². The lowest BCUT2D eigenvalue weighted by molar-refractivity contribution is -0.0941. The number of hydrogen-bond donors (Lipinski definition) is 3. The fourth-order valence-corrected chi connectivity index (χ4v) is 5.27. The Morgan fingerprint density at radius 3 is 1.89 bits per heavy atom. The van der Waals surface area contributed by atoms with Crippen LogP contribution in [0.3, 0.4) is 0 Å². The van der Waals surface area contributed by atoms with Gasteiger partial charge in [0, 0.05) is 6.20 Å². The van der Waals surface area contributed by atoms with Gasteiger partial charge in [0.15, 0.2) is 6.23 Å². The lowest BCUT2D eigenvalue weighted by Gasteiger charge is -2.37. The van der Waals surface area contributed by atoms with E-state index < -0.39 is 30.1 Å². The third kappa shape index (κ3) is 4.04. The minimum absolute atomic E-state index is 0.0176. The zero-order valence-corrected chi connectivity index (χ0v) is 20.5. The molecule has 4 atom stereocenters. The monoisotopic (exact) mass is 508 g/mol. The molecule has 0 spiro atoms. The van der Waals surface area contributed by atoms with Crippen molar-refractivity contribution in [1.82, 2.24) is 14.5 Å². The van der Waals surface area contributed by atoms with Crippen LogP contribution in [-0.2, 0) is 15.1 Å². The number of anilines is 1. The van der Waals surface area contributed by atoms with Crippen LogP contribution in [0.25, 0.3) is 11.0 Å². The van der Waals surface area contributed by atoms with Crippen LogP contribution in [0.4, 0.5) is 5.82 Å². The summed E-state index contributed by atoms with van der Waals surface area (Å²) in [5.74, 6) is 0.333. The van der Waals surface area contributed by atoms with Gasteiger partial charge in [-0.05, 0) is 22.8 Å². The molecule has 8 heteroatoms. The van der Waals surface area contributed by atoms with E-state index in [0.717, 1.165) is 16.7 Å². The van der Waals surface area contributed by atoms with Crippen molar-refractivity contribution >= 4 is 16.9 Å². The first-order valence-electron chi connectivity index (χ1n) is 12.5. The maximum Gasteiger partial charge on any atom is 0.164 e. The van der Waals surface area contributed by atoms with Crippen LogP contribution < -0.4 is 5.73 Å². The molecule has 5 aromatic rings. The number of aliphatic hydroxyl groups excluding tert-OH is 2. The molecular weight excluding hydrogens is 480 g/mol. The summed E-state index contributed by atoms with van der Waals surface area (Å²) in [7, 11) is 0. The number of ether oxygens (including phenoxy) is 2. The molecule has 4 N–H and O–H groups in total. The highest BCUT2D eigenvalue weighted by Gasteiger charge is 2.46. The maximum absolute atomic E-state index is 11.0. The highest BCUT2D eigenvalue weighted by Crippen LogP contribution is 2.42. The Kier molecular flexibility index (Phi) is 6.39. The Balaban J connectivity index is 1.36. The summed E-state index contributed by atoms with van der Waals surface area (Å²) in [4.78, 5) is 8.32. The van der Waals surface area contributed by atoms with Crippen molar-refractivity contribution in [2.45, 2.75) is 30.1 Å². The zero-order valence-electron chi connectivity index (χ0n) is 20.5. The third-order valence-electron chi connectivity index (χ3n) is 7.16. The molecule has 38 heavy (non-hydrogen) atoms. The Bertz CT molecular complexity index is 1410. The van der Waals surface area contributed by atoms with Crippen LogP contribution in [0, 0.1) is 0 Å². The van der Waals surface area contributed by atoms with Crippen LogP contribution in [0.15, 0.2) is 110 Å². The van der Waals surface area contributed by atoms with Gasteiger partial charge in [-0.25, -0.2) is 9.97 Å². The van der Waals surface area contributed by atoms with Crippen LogP contribution in [0.1, 0.15) is 22.9 Å². The molecule has 8 nitrogen and oxygen atoms in total. The number of aromatic nitrogens is 3. The molecule has 192 valence electrons. The molecular formula is C30H28N4O4. The number of aliphatic hydroxyl groups is 2. The van der Waals surface area contributed by atoms with Crippen LogP contribution in [0.2, 0.25) is 0 Å². The van der Waals surface area contributed by atoms with Gasteiger partial charge in [0.25, 0.3) is 0 Å². The molecule has 0 bridgehead atoms. The second kappa shape index (κ2) is 10.00. The summed E-state index contributed by atoms with van der Waals surface area (Å²) >= 11 is 0. The van der Waals surface area contributed by atoms with Gasteiger partial charge in [-0.3, -0.25) is 0 Å². The van der Waals surface area contributed by atoms with Gasteiger partial charge in [-0.2, -0.15) is 0 Å². The van der Waals surface area contributed by atoms with Gasteiger partial charge < -0.3 is 30.0 Å². The summed E-state index contributed by atoms with van der Waals surface area (Å²) < 4.78 is 14.7. The smallest absolute Gasteiger partial charge is 0.164 e. The predicted octanol–water partition coefficient (Wildman–Crippen LogP) is 3.64. The molecule has 0 aliphatic carbocycles. The minimum Gasteiger partial charge on any atom is -0.387 e. The Morgan fingerprint density at radius 2 is 1.34 bits per heavy atom. The number of hydrogen-bond acceptors (Lipinski definition) is 7. The minimum atomic E-state index is -1.20. The lowest BCUT2D eigenvalue weighted by atomic mass is 9.80. The standard InChI is InChI=1S/C30H28N4O4/c31-27-23-16-17-34(28(23)33-19-32-27)29-26(36)25(35)24(38-29)18-37-30(20-10-4-1-5-11-20,21-12-6-2-7-13-21)22-14-8-3-9-15-22/h1-17,19,24-26,29,35-36H,18H2,(H2,31,32,33)/t24-,25-,26-,29-/m1/s1. The van der Waals surface area contributed by atoms with E-state index in [2.05, 4.69) is 9.97 Å². The fraction of sp³-hybridized carbons (Fsp3) is 0.200. The normalized spacial score (nSPS) is 21.6. The first kappa shape index (κ1) is 24.3. The zero-order chi connectivity index (χ0) is 26.1. The Hall–Kier alpha value is -4.08. The molecule has 3 aromatic carbocycles. The highest BCUT2D eigenvalue weighted by molar-refractivity contribution is 5.86. The van der Waals surface area contributed by atoms with Gasteiger partial charge in [-0.1, -0.05) is 91.0 Å². The molecule has 0 unspecified atom stereocenters. The van der Waals surface area contributed by atoms with E-state index in [1.165, 1.54) is 6.33 Å². The van der Waals surface area contributed by atoms with Crippen molar-refractivity contribution in [3.05, 3.63) is 126 Å². The summed E-state index contributed by atoms with van der Waals surface area (Å²) in [6.07, 6.45) is -0.971. The summed E-state index contributed by atoms with van der Waals surface area (Å²) in [6.45, 7) is 0.0176. The number of nitrogens with two attached hydrogens (primary N) is 1. The van der Waals surface area contributed by atoms with E-state index in [1.807, 2.05) is 91.0 Å². The molecule has 0 radical (unpaired) electrons. The van der Waals surface area contributed by atoms with Gasteiger partial charge >= 0.3 is 0 Å². The van der Waals surface area contributed by atoms with Crippen LogP contribution in [-0.4, -0.2) is 49.7 Å². The van der Waals surface area contributed by atoms with E-state index in [4.69, 9.17) is 15.2 Å². The number of rotatable bonds is 7. The van der Waals surface area contributed by atoms with Crippen molar-refractivity contribution in [3.8, 4) is 0 Å². The summed E-state index contributed by atoms with van der Waals surface area (Å²) in [5, 5.41) is 22.7. The fourth-order valence-electron chi connectivity index (χ4n) is 5.27. The first-order chi connectivity index (χ1) is 18.6. The van der Waals surface area contributed by atoms with E-state index >= 15 is 0 Å². The Labute approximate surface area is 219 Å². The number of nitrogens with zero attached hydrogens (tertiary/aromatic N) is 3. The molecule has 2 aromatic heterocycles. The van der Waals surface area contributed by atoms with Gasteiger partial charge in [0.05, 0.1) is 12.0 Å². The second-order valence-electron chi connectivity index (χ2n) is 9.36. The first-order valence-corrected chi connectivity index (χ1v) is 12.5. The topological polar surface area (TPSA) is 116 Å². The second-order valence-corrected chi connectivity index (χ2v) is 9.36. The molecule has 1 saturated heterocycles. The van der Waals surface area contributed by atoms with E-state index in [1.54, 1.807) is 16.8 Å². The van der Waals surface area contributed by atoms with Gasteiger partial charge in [-0.15, -0.1) is 0 Å². The van der Waals surface area contributed by atoms with Crippen molar-refractivity contribution in [1.29, 1.82) is 0 Å². The van der Waals surface area contributed by atoms with Crippen LogP contribution >= 0.6 is 0 Å². The molecule has 0 amide bonds. The summed E-state index contributed by atoms with van der Waals surface area (Å²) in [5.41, 5.74) is 8.33. The average Bonchev–Trinajstić information content (AvgIpc) is 3.52. The maximum atomic E-state index is 11.0. The molecule has 1 fully saturated rings. The van der Waals surface area contributed by atoms with E-state index in [-0.39, 0.29) is 6.61 Å². The number of fused-ring (bicyclic) bond motifs is 1.